The highest BCUT2D eigenvalue weighted by Gasteiger charge is 2.26. The van der Waals surface area contributed by atoms with E-state index in [0.29, 0.717) is 19.5 Å². The molecule has 1 fully saturated rings. The van der Waals surface area contributed by atoms with Crippen molar-refractivity contribution < 1.29 is 14.3 Å². The van der Waals surface area contributed by atoms with Crippen molar-refractivity contribution in [2.24, 2.45) is 0 Å². The topological polar surface area (TPSA) is 38.8 Å². The summed E-state index contributed by atoms with van der Waals surface area (Å²) in [7, 11) is 1.63. The first-order valence-electron chi connectivity index (χ1n) is 7.51. The van der Waals surface area contributed by atoms with Crippen LogP contribution in [-0.4, -0.2) is 29.7 Å². The summed E-state index contributed by atoms with van der Waals surface area (Å²) < 4.78 is 10.9. The van der Waals surface area contributed by atoms with Gasteiger partial charge in [-0.2, -0.15) is 12.6 Å². The average Bonchev–Trinajstić information content (AvgIpc) is 2.87. The van der Waals surface area contributed by atoms with E-state index in [9.17, 15) is 4.79 Å². The van der Waals surface area contributed by atoms with Gasteiger partial charge in [0.15, 0.2) is 0 Å². The Morgan fingerprint density at radius 3 is 2.13 bits per heavy atom. The van der Waals surface area contributed by atoms with E-state index >= 15 is 0 Å². The molecule has 1 atom stereocenters. The number of carbonyl (C=O) groups excluding carboxylic acids is 1. The predicted octanol–water partition coefficient (Wildman–Crippen LogP) is 3.52. The molecule has 120 valence electrons. The molecule has 0 radical (unpaired) electrons. The number of hydrogen-bond donors (Lipinski definition) is 1. The number of carbonyl (C=O) groups is 1. The summed E-state index contributed by atoms with van der Waals surface area (Å²) in [6.07, 6.45) is 0.530. The molecule has 0 bridgehead atoms. The minimum absolute atomic E-state index is 0.153. The summed E-state index contributed by atoms with van der Waals surface area (Å²) in [4.78, 5) is 13.6. The normalized spacial score (nSPS) is 17.4. The second-order valence-electron chi connectivity index (χ2n) is 5.55. The van der Waals surface area contributed by atoms with Crippen molar-refractivity contribution in [3.8, 4) is 17.2 Å². The summed E-state index contributed by atoms with van der Waals surface area (Å²) in [6, 6.07) is 15.2. The van der Waals surface area contributed by atoms with E-state index in [4.69, 9.17) is 9.47 Å². The molecule has 23 heavy (non-hydrogen) atoms. The number of thiol groups is 1. The molecule has 2 aromatic carbocycles. The zero-order valence-corrected chi connectivity index (χ0v) is 13.8. The van der Waals surface area contributed by atoms with Gasteiger partial charge in [-0.05, 0) is 42.0 Å². The molecule has 1 amide bonds. The molecular formula is C18H19NO3S. The van der Waals surface area contributed by atoms with E-state index in [1.807, 2.05) is 53.4 Å². The molecular weight excluding hydrogens is 310 g/mol. The number of rotatable bonds is 5. The zero-order valence-electron chi connectivity index (χ0n) is 12.9. The average molecular weight is 329 g/mol. The first-order valence-corrected chi connectivity index (χ1v) is 8.02. The molecule has 0 aromatic heterocycles. The van der Waals surface area contributed by atoms with Gasteiger partial charge in [-0.3, -0.25) is 4.79 Å². The van der Waals surface area contributed by atoms with E-state index in [1.54, 1.807) is 7.11 Å². The van der Waals surface area contributed by atoms with Gasteiger partial charge in [-0.1, -0.05) is 12.1 Å². The highest BCUT2D eigenvalue weighted by molar-refractivity contribution is 7.81. The van der Waals surface area contributed by atoms with Gasteiger partial charge < -0.3 is 14.4 Å². The maximum absolute atomic E-state index is 11.8. The molecule has 4 nitrogen and oxygen atoms in total. The molecule has 3 rings (SSSR count). The largest absolute Gasteiger partial charge is 0.497 e. The second-order valence-corrected chi connectivity index (χ2v) is 6.28. The van der Waals surface area contributed by atoms with Crippen molar-refractivity contribution in [2.75, 3.05) is 13.7 Å². The molecule has 1 aliphatic rings. The molecule has 1 unspecified atom stereocenters. The van der Waals surface area contributed by atoms with Gasteiger partial charge in [-0.15, -0.1) is 0 Å². The third-order valence-electron chi connectivity index (χ3n) is 3.79. The van der Waals surface area contributed by atoms with Crippen LogP contribution >= 0.6 is 12.6 Å². The highest BCUT2D eigenvalue weighted by Crippen LogP contribution is 2.25. The minimum atomic E-state index is 0.153. The third-order valence-corrected chi connectivity index (χ3v) is 4.13. The molecule has 0 N–H and O–H groups in total. The SMILES string of the molecule is COc1ccc(Oc2ccc(CN3CC(S)CC3=O)cc2)cc1. The van der Waals surface area contributed by atoms with Crippen LogP contribution in [-0.2, 0) is 11.3 Å². The van der Waals surface area contributed by atoms with Crippen LogP contribution < -0.4 is 9.47 Å². The van der Waals surface area contributed by atoms with Crippen molar-refractivity contribution in [1.29, 1.82) is 0 Å². The van der Waals surface area contributed by atoms with Crippen LogP contribution in [0.5, 0.6) is 17.2 Å². The maximum atomic E-state index is 11.8. The maximum Gasteiger partial charge on any atom is 0.224 e. The van der Waals surface area contributed by atoms with Crippen LogP contribution in [0.2, 0.25) is 0 Å². The van der Waals surface area contributed by atoms with Crippen LogP contribution in [0.4, 0.5) is 0 Å². The Balaban J connectivity index is 1.61. The third kappa shape index (κ3) is 3.99. The number of benzene rings is 2. The Bertz CT molecular complexity index is 670. The van der Waals surface area contributed by atoms with Gasteiger partial charge in [0.05, 0.1) is 7.11 Å². The summed E-state index contributed by atoms with van der Waals surface area (Å²) in [5.41, 5.74) is 1.09. The van der Waals surface area contributed by atoms with E-state index < -0.39 is 0 Å². The lowest BCUT2D eigenvalue weighted by Gasteiger charge is -2.16. The first kappa shape index (κ1) is 15.7. The van der Waals surface area contributed by atoms with Crippen molar-refractivity contribution in [3.63, 3.8) is 0 Å². The molecule has 5 heteroatoms. The monoisotopic (exact) mass is 329 g/mol. The number of likely N-dealkylation sites (tertiary alicyclic amines) is 1. The number of nitrogens with zero attached hydrogens (tertiary/aromatic N) is 1. The fraction of sp³-hybridized carbons (Fsp3) is 0.278. The number of methoxy groups -OCH3 is 1. The lowest BCUT2D eigenvalue weighted by Crippen LogP contribution is -2.24. The molecule has 1 aliphatic heterocycles. The standard InChI is InChI=1S/C18H19NO3S/c1-21-14-6-8-16(9-7-14)22-15-4-2-13(3-5-15)11-19-12-17(23)10-18(19)20/h2-9,17,23H,10-12H2,1H3. The molecule has 0 spiro atoms. The lowest BCUT2D eigenvalue weighted by atomic mass is 10.2. The fourth-order valence-electron chi connectivity index (χ4n) is 2.57. The summed E-state index contributed by atoms with van der Waals surface area (Å²) in [5, 5.41) is 0.153. The van der Waals surface area contributed by atoms with Gasteiger partial charge in [0.25, 0.3) is 0 Å². The Morgan fingerprint density at radius 1 is 1.04 bits per heavy atom. The Kier molecular flexibility index (Phi) is 4.76. The van der Waals surface area contributed by atoms with Crippen LogP contribution in [0.25, 0.3) is 0 Å². The predicted molar refractivity (Wildman–Crippen MR) is 92.3 cm³/mol. The van der Waals surface area contributed by atoms with Gasteiger partial charge in [0, 0.05) is 24.8 Å². The van der Waals surface area contributed by atoms with Crippen LogP contribution in [0.15, 0.2) is 48.5 Å². The number of amides is 1. The molecule has 0 saturated carbocycles. The summed E-state index contributed by atoms with van der Waals surface area (Å²) >= 11 is 4.37. The lowest BCUT2D eigenvalue weighted by molar-refractivity contribution is -0.128. The van der Waals surface area contributed by atoms with E-state index in [1.165, 1.54) is 0 Å². The second kappa shape index (κ2) is 6.96. The Labute approximate surface area is 141 Å². The minimum Gasteiger partial charge on any atom is -0.497 e. The Hall–Kier alpha value is -2.14. The zero-order chi connectivity index (χ0) is 16.2. The fourth-order valence-corrected chi connectivity index (χ4v) is 2.92. The van der Waals surface area contributed by atoms with Crippen molar-refractivity contribution in [2.45, 2.75) is 18.2 Å². The van der Waals surface area contributed by atoms with E-state index in [-0.39, 0.29) is 11.2 Å². The van der Waals surface area contributed by atoms with Gasteiger partial charge in [-0.25, -0.2) is 0 Å². The molecule has 2 aromatic rings. The Morgan fingerprint density at radius 2 is 1.61 bits per heavy atom. The molecule has 1 saturated heterocycles. The van der Waals surface area contributed by atoms with Gasteiger partial charge in [0.2, 0.25) is 5.91 Å². The van der Waals surface area contributed by atoms with Gasteiger partial charge in [0.1, 0.15) is 17.2 Å². The van der Waals surface area contributed by atoms with Gasteiger partial charge >= 0.3 is 0 Å². The number of hydrogen-bond acceptors (Lipinski definition) is 4. The number of ether oxygens (including phenoxy) is 2. The highest BCUT2D eigenvalue weighted by atomic mass is 32.1. The van der Waals surface area contributed by atoms with E-state index in [0.717, 1.165) is 22.8 Å². The molecule has 0 aliphatic carbocycles. The van der Waals surface area contributed by atoms with Crippen molar-refractivity contribution in [3.05, 3.63) is 54.1 Å². The van der Waals surface area contributed by atoms with Crippen LogP contribution in [0, 0.1) is 0 Å². The van der Waals surface area contributed by atoms with Crippen LogP contribution in [0.3, 0.4) is 0 Å². The first-order chi connectivity index (χ1) is 11.1. The summed E-state index contributed by atoms with van der Waals surface area (Å²) in [5.74, 6) is 2.49. The van der Waals surface area contributed by atoms with E-state index in [2.05, 4.69) is 12.6 Å². The smallest absolute Gasteiger partial charge is 0.224 e. The van der Waals surface area contributed by atoms with Crippen molar-refractivity contribution >= 4 is 18.5 Å². The quantitative estimate of drug-likeness (QED) is 0.853. The van der Waals surface area contributed by atoms with Crippen molar-refractivity contribution in [1.82, 2.24) is 4.90 Å². The van der Waals surface area contributed by atoms with Crippen LogP contribution in [0.1, 0.15) is 12.0 Å². The summed E-state index contributed by atoms with van der Waals surface area (Å²) in [6.45, 7) is 1.34. The molecule has 1 heterocycles.